The first-order chi connectivity index (χ1) is 9.42. The van der Waals surface area contributed by atoms with E-state index in [9.17, 15) is 18.4 Å². The van der Waals surface area contributed by atoms with E-state index in [4.69, 9.17) is 0 Å². The van der Waals surface area contributed by atoms with Crippen molar-refractivity contribution in [2.45, 2.75) is 31.3 Å². The first-order valence-corrected chi connectivity index (χ1v) is 7.39. The molecule has 0 radical (unpaired) electrons. The molecule has 0 unspecified atom stereocenters. The zero-order chi connectivity index (χ0) is 15.2. The van der Waals surface area contributed by atoms with Gasteiger partial charge >= 0.3 is 6.18 Å². The number of hydrogen-bond donors (Lipinski definition) is 0. The molecule has 110 valence electrons. The predicted octanol–water partition coefficient (Wildman–Crippen LogP) is 4.45. The van der Waals surface area contributed by atoms with Crippen molar-refractivity contribution in [3.63, 3.8) is 0 Å². The summed E-state index contributed by atoms with van der Waals surface area (Å²) in [5.74, 6) is 0.769. The molecule has 1 aromatic carbocycles. The molecule has 0 aliphatic rings. The van der Waals surface area contributed by atoms with Gasteiger partial charge in [0.25, 0.3) is 0 Å². The summed E-state index contributed by atoms with van der Waals surface area (Å²) in [6, 6.07) is 7.10. The van der Waals surface area contributed by atoms with Crippen LogP contribution in [0.5, 0.6) is 0 Å². The molecule has 6 heteroatoms. The van der Waals surface area contributed by atoms with Gasteiger partial charge in [-0.25, -0.2) is 0 Å². The number of anilines is 1. The Bertz CT molecular complexity index is 480. The zero-order valence-electron chi connectivity index (χ0n) is 11.5. The van der Waals surface area contributed by atoms with Crippen LogP contribution in [0.4, 0.5) is 18.9 Å². The van der Waals surface area contributed by atoms with Gasteiger partial charge in [-0.05, 0) is 24.3 Å². The highest BCUT2D eigenvalue weighted by atomic mass is 32.2. The topological polar surface area (TPSA) is 27.0 Å². The van der Waals surface area contributed by atoms with Crippen molar-refractivity contribution in [3.05, 3.63) is 23.8 Å². The van der Waals surface area contributed by atoms with E-state index in [2.05, 4.69) is 0 Å². The SMILES string of the molecule is CCCN(CC(F)(F)F)c1cccc(SCC)c1C#N. The minimum Gasteiger partial charge on any atom is -0.361 e. The third kappa shape index (κ3) is 4.64. The monoisotopic (exact) mass is 302 g/mol. The fourth-order valence-corrected chi connectivity index (χ4v) is 2.72. The quantitative estimate of drug-likeness (QED) is 0.726. The molecule has 0 fully saturated rings. The molecular weight excluding hydrogens is 285 g/mol. The number of halogens is 3. The Morgan fingerprint density at radius 3 is 2.50 bits per heavy atom. The third-order valence-electron chi connectivity index (χ3n) is 2.62. The molecule has 0 saturated heterocycles. The Balaban J connectivity index is 3.19. The van der Waals surface area contributed by atoms with Crippen molar-refractivity contribution in [2.24, 2.45) is 0 Å². The van der Waals surface area contributed by atoms with Gasteiger partial charge in [-0.15, -0.1) is 11.8 Å². The lowest BCUT2D eigenvalue weighted by Gasteiger charge is -2.27. The Labute approximate surface area is 121 Å². The van der Waals surface area contributed by atoms with Crippen molar-refractivity contribution >= 4 is 17.4 Å². The predicted molar refractivity (Wildman–Crippen MR) is 76.1 cm³/mol. The number of benzene rings is 1. The minimum absolute atomic E-state index is 0.272. The highest BCUT2D eigenvalue weighted by Gasteiger charge is 2.31. The van der Waals surface area contributed by atoms with Crippen molar-refractivity contribution in [2.75, 3.05) is 23.7 Å². The Hall–Kier alpha value is -1.35. The summed E-state index contributed by atoms with van der Waals surface area (Å²) < 4.78 is 38.0. The van der Waals surface area contributed by atoms with Crippen molar-refractivity contribution < 1.29 is 13.2 Å². The maximum atomic E-state index is 12.7. The normalized spacial score (nSPS) is 11.2. The molecule has 0 bridgehead atoms. The highest BCUT2D eigenvalue weighted by molar-refractivity contribution is 7.99. The number of thioether (sulfide) groups is 1. The lowest BCUT2D eigenvalue weighted by Crippen LogP contribution is -2.35. The van der Waals surface area contributed by atoms with Crippen molar-refractivity contribution in [1.82, 2.24) is 0 Å². The van der Waals surface area contributed by atoms with Crippen LogP contribution in [0.3, 0.4) is 0 Å². The molecule has 0 aliphatic heterocycles. The van der Waals surface area contributed by atoms with Gasteiger partial charge in [0.1, 0.15) is 12.6 Å². The smallest absolute Gasteiger partial charge is 0.361 e. The number of hydrogen-bond acceptors (Lipinski definition) is 3. The molecule has 0 aromatic heterocycles. The van der Waals surface area contributed by atoms with Crippen LogP contribution in [0.1, 0.15) is 25.8 Å². The molecule has 0 saturated carbocycles. The summed E-state index contributed by atoms with van der Waals surface area (Å²) in [7, 11) is 0. The summed E-state index contributed by atoms with van der Waals surface area (Å²) in [6.45, 7) is 3.00. The Kier molecular flexibility index (Phi) is 6.21. The van der Waals surface area contributed by atoms with Crippen LogP contribution in [-0.2, 0) is 0 Å². The average Bonchev–Trinajstić information content (AvgIpc) is 2.37. The van der Waals surface area contributed by atoms with Crippen LogP contribution < -0.4 is 4.90 Å². The van der Waals surface area contributed by atoms with Gasteiger partial charge in [-0.2, -0.15) is 18.4 Å². The van der Waals surface area contributed by atoms with Gasteiger partial charge in [0.05, 0.1) is 11.3 Å². The van der Waals surface area contributed by atoms with Crippen LogP contribution in [0.2, 0.25) is 0 Å². The first-order valence-electron chi connectivity index (χ1n) is 6.40. The number of rotatable bonds is 6. The van der Waals surface area contributed by atoms with Crippen molar-refractivity contribution in [1.29, 1.82) is 5.26 Å². The van der Waals surface area contributed by atoms with E-state index in [1.807, 2.05) is 19.9 Å². The maximum absolute atomic E-state index is 12.7. The van der Waals surface area contributed by atoms with E-state index in [1.165, 1.54) is 16.7 Å². The molecule has 0 amide bonds. The second-order valence-electron chi connectivity index (χ2n) is 4.23. The minimum atomic E-state index is -4.28. The van der Waals surface area contributed by atoms with Gasteiger partial charge in [-0.3, -0.25) is 0 Å². The van der Waals surface area contributed by atoms with Gasteiger partial charge < -0.3 is 4.90 Å². The summed E-state index contributed by atoms with van der Waals surface area (Å²) in [5, 5.41) is 9.27. The number of nitrogens with zero attached hydrogens (tertiary/aromatic N) is 2. The fourth-order valence-electron chi connectivity index (χ4n) is 1.94. The summed E-state index contributed by atoms with van der Waals surface area (Å²) in [6.07, 6.45) is -3.69. The van der Waals surface area contributed by atoms with Crippen molar-refractivity contribution in [3.8, 4) is 6.07 Å². The van der Waals surface area contributed by atoms with Crippen LogP contribution in [0, 0.1) is 11.3 Å². The van der Waals surface area contributed by atoms with Crippen LogP contribution in [0.25, 0.3) is 0 Å². The third-order valence-corrected chi connectivity index (χ3v) is 3.56. The lowest BCUT2D eigenvalue weighted by molar-refractivity contribution is -0.119. The number of alkyl halides is 3. The van der Waals surface area contributed by atoms with Gasteiger partial charge in [0, 0.05) is 11.4 Å². The number of nitriles is 1. The Morgan fingerprint density at radius 2 is 2.00 bits per heavy atom. The molecular formula is C14H17F3N2S. The molecule has 2 nitrogen and oxygen atoms in total. The van der Waals surface area contributed by atoms with E-state index in [1.54, 1.807) is 18.2 Å². The fraction of sp³-hybridized carbons (Fsp3) is 0.500. The molecule has 1 aromatic rings. The van der Waals surface area contributed by atoms with E-state index in [0.717, 1.165) is 10.6 Å². The summed E-state index contributed by atoms with van der Waals surface area (Å²) in [5.41, 5.74) is 0.696. The second-order valence-corrected chi connectivity index (χ2v) is 5.54. The molecule has 20 heavy (non-hydrogen) atoms. The summed E-state index contributed by atoms with van der Waals surface area (Å²) >= 11 is 1.46. The van der Waals surface area contributed by atoms with Crippen LogP contribution >= 0.6 is 11.8 Å². The van der Waals surface area contributed by atoms with Gasteiger partial charge in [0.2, 0.25) is 0 Å². The Morgan fingerprint density at radius 1 is 1.30 bits per heavy atom. The van der Waals surface area contributed by atoms with E-state index in [0.29, 0.717) is 17.7 Å². The van der Waals surface area contributed by atoms with E-state index in [-0.39, 0.29) is 6.54 Å². The lowest BCUT2D eigenvalue weighted by atomic mass is 10.1. The van der Waals surface area contributed by atoms with Crippen LogP contribution in [-0.4, -0.2) is 25.0 Å². The maximum Gasteiger partial charge on any atom is 0.405 e. The zero-order valence-corrected chi connectivity index (χ0v) is 12.3. The molecule has 0 spiro atoms. The molecule has 0 atom stereocenters. The highest BCUT2D eigenvalue weighted by Crippen LogP contribution is 2.32. The van der Waals surface area contributed by atoms with Gasteiger partial charge in [0.15, 0.2) is 0 Å². The standard InChI is InChI=1S/C14H17F3N2S/c1-3-8-19(10-14(15,16)17)12-6-5-7-13(20-4-2)11(12)9-18/h5-7H,3-4,8,10H2,1-2H3. The summed E-state index contributed by atoms with van der Waals surface area (Å²) in [4.78, 5) is 1.97. The molecule has 0 N–H and O–H groups in total. The average molecular weight is 302 g/mol. The van der Waals surface area contributed by atoms with Crippen LogP contribution in [0.15, 0.2) is 23.1 Å². The molecule has 1 rings (SSSR count). The largest absolute Gasteiger partial charge is 0.405 e. The first kappa shape index (κ1) is 16.7. The second kappa shape index (κ2) is 7.44. The van der Waals surface area contributed by atoms with E-state index >= 15 is 0 Å². The van der Waals surface area contributed by atoms with E-state index < -0.39 is 12.7 Å². The van der Waals surface area contributed by atoms with Gasteiger partial charge in [-0.1, -0.05) is 19.9 Å². The molecule has 0 heterocycles. The molecule has 0 aliphatic carbocycles.